The first-order valence-electron chi connectivity index (χ1n) is 8.78. The average molecular weight is 341 g/mol. The first kappa shape index (κ1) is 16.3. The molecule has 1 saturated carbocycles. The quantitative estimate of drug-likeness (QED) is 0.866. The standard InChI is InChI=1S/C19H23N3O3/c23-16-3-1-13(2-4-16)19(24)11-22-9-14-5-17(6-15(14)10-22)25-18-7-20-12-21-8-18/h1-4,7-8,12,14-15,17,19,23-24H,5-6,9-11H2/t14-,15?,17?,19?/m1/s1. The Labute approximate surface area is 147 Å². The second-order valence-corrected chi connectivity index (χ2v) is 7.13. The van der Waals surface area contributed by atoms with Gasteiger partial charge in [-0.2, -0.15) is 0 Å². The van der Waals surface area contributed by atoms with Crippen molar-refractivity contribution in [2.75, 3.05) is 19.6 Å². The third-order valence-corrected chi connectivity index (χ3v) is 5.33. The topological polar surface area (TPSA) is 78.7 Å². The zero-order valence-corrected chi connectivity index (χ0v) is 14.0. The Morgan fingerprint density at radius 3 is 2.36 bits per heavy atom. The zero-order valence-electron chi connectivity index (χ0n) is 14.0. The molecule has 2 aromatic rings. The molecule has 3 unspecified atom stereocenters. The Kier molecular flexibility index (Phi) is 4.55. The number of benzene rings is 1. The van der Waals surface area contributed by atoms with Crippen LogP contribution in [0.4, 0.5) is 0 Å². The molecule has 0 amide bonds. The lowest BCUT2D eigenvalue weighted by molar-refractivity contribution is 0.116. The van der Waals surface area contributed by atoms with Crippen LogP contribution in [0.5, 0.6) is 11.5 Å². The first-order valence-corrected chi connectivity index (χ1v) is 8.78. The van der Waals surface area contributed by atoms with E-state index in [4.69, 9.17) is 4.74 Å². The van der Waals surface area contributed by atoms with Gasteiger partial charge in [0.25, 0.3) is 0 Å². The number of hydrogen-bond acceptors (Lipinski definition) is 6. The highest BCUT2D eigenvalue weighted by Crippen LogP contribution is 2.40. The predicted molar refractivity (Wildman–Crippen MR) is 92.2 cm³/mol. The Balaban J connectivity index is 1.28. The molecule has 0 bridgehead atoms. The number of fused-ring (bicyclic) bond motifs is 1. The molecule has 1 aromatic heterocycles. The van der Waals surface area contributed by atoms with E-state index < -0.39 is 6.10 Å². The number of hydrogen-bond donors (Lipinski definition) is 2. The summed E-state index contributed by atoms with van der Waals surface area (Å²) in [6.07, 6.45) is 6.74. The van der Waals surface area contributed by atoms with E-state index in [0.717, 1.165) is 37.2 Å². The van der Waals surface area contributed by atoms with Crippen molar-refractivity contribution in [1.82, 2.24) is 14.9 Å². The van der Waals surface area contributed by atoms with Crippen LogP contribution in [0.3, 0.4) is 0 Å². The Morgan fingerprint density at radius 2 is 1.72 bits per heavy atom. The molecule has 4 atom stereocenters. The van der Waals surface area contributed by atoms with Gasteiger partial charge in [-0.1, -0.05) is 12.1 Å². The number of phenolic OH excluding ortho intramolecular Hbond substituents is 1. The van der Waals surface area contributed by atoms with Crippen LogP contribution in [0.2, 0.25) is 0 Å². The van der Waals surface area contributed by atoms with Crippen molar-refractivity contribution in [1.29, 1.82) is 0 Å². The van der Waals surface area contributed by atoms with Gasteiger partial charge in [0.05, 0.1) is 24.6 Å². The van der Waals surface area contributed by atoms with E-state index in [-0.39, 0.29) is 11.9 Å². The van der Waals surface area contributed by atoms with Gasteiger partial charge in [-0.3, -0.25) is 4.90 Å². The lowest BCUT2D eigenvalue weighted by Crippen LogP contribution is -2.28. The van der Waals surface area contributed by atoms with Gasteiger partial charge in [0, 0.05) is 19.6 Å². The van der Waals surface area contributed by atoms with E-state index in [9.17, 15) is 10.2 Å². The number of phenols is 1. The highest BCUT2D eigenvalue weighted by atomic mass is 16.5. The fourth-order valence-corrected chi connectivity index (χ4v) is 4.17. The molecule has 6 nitrogen and oxygen atoms in total. The minimum absolute atomic E-state index is 0.224. The van der Waals surface area contributed by atoms with Gasteiger partial charge in [0.2, 0.25) is 0 Å². The third-order valence-electron chi connectivity index (χ3n) is 5.33. The molecule has 25 heavy (non-hydrogen) atoms. The van der Waals surface area contributed by atoms with E-state index in [2.05, 4.69) is 14.9 Å². The lowest BCUT2D eigenvalue weighted by atomic mass is 10.0. The Hall–Kier alpha value is -2.18. The number of rotatable bonds is 5. The number of aromatic hydroxyl groups is 1. The normalized spacial score (nSPS) is 27.2. The van der Waals surface area contributed by atoms with Gasteiger partial charge in [-0.25, -0.2) is 9.97 Å². The summed E-state index contributed by atoms with van der Waals surface area (Å²) in [6, 6.07) is 6.80. The number of aliphatic hydroxyl groups is 1. The molecule has 0 radical (unpaired) electrons. The van der Waals surface area contributed by atoms with Crippen molar-refractivity contribution in [3.63, 3.8) is 0 Å². The monoisotopic (exact) mass is 341 g/mol. The van der Waals surface area contributed by atoms with Crippen molar-refractivity contribution in [2.24, 2.45) is 11.8 Å². The average Bonchev–Trinajstić information content (AvgIpc) is 3.14. The highest BCUT2D eigenvalue weighted by molar-refractivity contribution is 5.27. The molecular formula is C19H23N3O3. The molecule has 2 aliphatic rings. The molecule has 1 aliphatic heterocycles. The molecule has 2 fully saturated rings. The molecule has 6 heteroatoms. The molecular weight excluding hydrogens is 318 g/mol. The first-order chi connectivity index (χ1) is 12.2. The van der Waals surface area contributed by atoms with Gasteiger partial charge in [-0.15, -0.1) is 0 Å². The largest absolute Gasteiger partial charge is 0.508 e. The second-order valence-electron chi connectivity index (χ2n) is 7.13. The van der Waals surface area contributed by atoms with Gasteiger partial charge < -0.3 is 14.9 Å². The maximum absolute atomic E-state index is 10.4. The van der Waals surface area contributed by atoms with Crippen LogP contribution in [0.1, 0.15) is 24.5 Å². The summed E-state index contributed by atoms with van der Waals surface area (Å²) in [5.74, 6) is 2.22. The van der Waals surface area contributed by atoms with Crippen molar-refractivity contribution < 1.29 is 14.9 Å². The number of β-amino-alcohol motifs (C(OH)–C–C–N with tert-alkyl or cyclic N) is 1. The molecule has 2 heterocycles. The SMILES string of the molecule is Oc1ccc(C(O)CN2CC3CC(Oc4cncnc4)C[C@@H]3C2)cc1. The maximum Gasteiger partial charge on any atom is 0.156 e. The van der Waals surface area contributed by atoms with Crippen LogP contribution in [0, 0.1) is 11.8 Å². The van der Waals surface area contributed by atoms with E-state index in [1.165, 1.54) is 6.33 Å². The van der Waals surface area contributed by atoms with Gasteiger partial charge >= 0.3 is 0 Å². The molecule has 0 spiro atoms. The molecule has 1 saturated heterocycles. The predicted octanol–water partition coefficient (Wildman–Crippen LogP) is 2.00. The van der Waals surface area contributed by atoms with Crippen LogP contribution >= 0.6 is 0 Å². The van der Waals surface area contributed by atoms with Gasteiger partial charge in [-0.05, 0) is 42.4 Å². The molecule has 1 aromatic carbocycles. The lowest BCUT2D eigenvalue weighted by Gasteiger charge is -2.22. The van der Waals surface area contributed by atoms with E-state index in [1.54, 1.807) is 36.7 Å². The van der Waals surface area contributed by atoms with Crippen molar-refractivity contribution in [3.05, 3.63) is 48.5 Å². The maximum atomic E-state index is 10.4. The summed E-state index contributed by atoms with van der Waals surface area (Å²) in [5.41, 5.74) is 0.847. The van der Waals surface area contributed by atoms with Crippen LogP contribution in [-0.2, 0) is 0 Å². The minimum atomic E-state index is -0.520. The van der Waals surface area contributed by atoms with Gasteiger partial charge in [0.1, 0.15) is 12.1 Å². The summed E-state index contributed by atoms with van der Waals surface area (Å²) in [5, 5.41) is 19.8. The fraction of sp³-hybridized carbons (Fsp3) is 0.474. The van der Waals surface area contributed by atoms with Crippen LogP contribution in [0.15, 0.2) is 43.0 Å². The minimum Gasteiger partial charge on any atom is -0.508 e. The van der Waals surface area contributed by atoms with E-state index >= 15 is 0 Å². The van der Waals surface area contributed by atoms with Crippen LogP contribution in [-0.4, -0.2) is 50.8 Å². The van der Waals surface area contributed by atoms with Crippen LogP contribution < -0.4 is 4.74 Å². The summed E-state index contributed by atoms with van der Waals surface area (Å²) < 4.78 is 5.99. The molecule has 1 aliphatic carbocycles. The Bertz CT molecular complexity index is 681. The second kappa shape index (κ2) is 6.98. The number of likely N-dealkylation sites (tertiary alicyclic amines) is 1. The van der Waals surface area contributed by atoms with Gasteiger partial charge in [0.15, 0.2) is 5.75 Å². The summed E-state index contributed by atoms with van der Waals surface area (Å²) >= 11 is 0. The number of ether oxygens (including phenoxy) is 1. The third kappa shape index (κ3) is 3.75. The number of nitrogens with zero attached hydrogens (tertiary/aromatic N) is 3. The molecule has 2 N–H and O–H groups in total. The summed E-state index contributed by atoms with van der Waals surface area (Å²) in [6.45, 7) is 2.64. The molecule has 4 rings (SSSR count). The molecule has 132 valence electrons. The highest BCUT2D eigenvalue weighted by Gasteiger charge is 2.42. The Morgan fingerprint density at radius 1 is 1.08 bits per heavy atom. The van der Waals surface area contributed by atoms with E-state index in [1.807, 2.05) is 0 Å². The zero-order chi connectivity index (χ0) is 17.2. The number of aliphatic hydroxyl groups excluding tert-OH is 1. The number of aromatic nitrogens is 2. The smallest absolute Gasteiger partial charge is 0.156 e. The van der Waals surface area contributed by atoms with E-state index in [0.29, 0.717) is 18.4 Å². The van der Waals surface area contributed by atoms with Crippen molar-refractivity contribution in [3.8, 4) is 11.5 Å². The summed E-state index contributed by atoms with van der Waals surface area (Å²) in [7, 11) is 0. The van der Waals surface area contributed by atoms with Crippen molar-refractivity contribution >= 4 is 0 Å². The van der Waals surface area contributed by atoms with Crippen molar-refractivity contribution in [2.45, 2.75) is 25.0 Å². The van der Waals surface area contributed by atoms with Crippen LogP contribution in [0.25, 0.3) is 0 Å². The summed E-state index contributed by atoms with van der Waals surface area (Å²) in [4.78, 5) is 10.3. The fourth-order valence-electron chi connectivity index (χ4n) is 4.17.